The number of hydrogen-bond acceptors (Lipinski definition) is 0. The molecule has 0 spiro atoms. The van der Waals surface area contributed by atoms with E-state index in [4.69, 9.17) is 0 Å². The van der Waals surface area contributed by atoms with Crippen LogP contribution in [0.3, 0.4) is 0 Å². The molecule has 0 nitrogen and oxygen atoms in total. The van der Waals surface area contributed by atoms with Gasteiger partial charge in [-0.3, -0.25) is 0 Å². The fourth-order valence-corrected chi connectivity index (χ4v) is 5.03. The molecular weight excluding hydrogens is 252 g/mol. The summed E-state index contributed by atoms with van der Waals surface area (Å²) in [7, 11) is 0. The van der Waals surface area contributed by atoms with Gasteiger partial charge in [-0.15, -0.1) is 0 Å². The van der Waals surface area contributed by atoms with Gasteiger partial charge in [0.25, 0.3) is 0 Å². The van der Waals surface area contributed by atoms with E-state index in [0.29, 0.717) is 0 Å². The van der Waals surface area contributed by atoms with Gasteiger partial charge < -0.3 is 0 Å². The topological polar surface area (TPSA) is 0 Å². The zero-order chi connectivity index (χ0) is 16.0. The molecule has 0 heteroatoms. The summed E-state index contributed by atoms with van der Waals surface area (Å²) in [6.07, 6.45) is 9.99. The van der Waals surface area contributed by atoms with Crippen LogP contribution in [0.5, 0.6) is 0 Å². The average Bonchev–Trinajstić information content (AvgIpc) is 3.23. The molecule has 5 atom stereocenters. The van der Waals surface area contributed by atoms with Crippen LogP contribution in [0.15, 0.2) is 0 Å². The monoisotopic (exact) mass is 294 g/mol. The Morgan fingerprint density at radius 2 is 1.48 bits per heavy atom. The first-order valence-corrected chi connectivity index (χ1v) is 9.93. The smallest absolute Gasteiger partial charge is 0.0332 e. The van der Waals surface area contributed by atoms with Crippen molar-refractivity contribution in [2.24, 2.45) is 41.4 Å². The Hall–Kier alpha value is 0. The van der Waals surface area contributed by atoms with E-state index in [1.54, 1.807) is 0 Å². The van der Waals surface area contributed by atoms with Gasteiger partial charge in [-0.1, -0.05) is 74.1 Å². The van der Waals surface area contributed by atoms with E-state index in [0.717, 1.165) is 41.4 Å². The zero-order valence-corrected chi connectivity index (χ0v) is 16.0. The zero-order valence-electron chi connectivity index (χ0n) is 16.0. The predicted octanol–water partition coefficient (Wildman–Crippen LogP) is 7.18. The minimum absolute atomic E-state index is 0.842. The van der Waals surface area contributed by atoms with Gasteiger partial charge in [0.05, 0.1) is 0 Å². The summed E-state index contributed by atoms with van der Waals surface area (Å²) in [5, 5.41) is 0. The van der Waals surface area contributed by atoms with Crippen LogP contribution in [0.25, 0.3) is 0 Å². The van der Waals surface area contributed by atoms with Crippen LogP contribution in [-0.2, 0) is 0 Å². The quantitative estimate of drug-likeness (QED) is 0.378. The van der Waals surface area contributed by atoms with Crippen LogP contribution in [0.1, 0.15) is 93.4 Å². The summed E-state index contributed by atoms with van der Waals surface area (Å²) in [6.45, 7) is 17.3. The van der Waals surface area contributed by atoms with Gasteiger partial charge in [0.2, 0.25) is 0 Å². The SMILES string of the molecule is CCCCC(C(C)C)C(C)C(C(C)CCC)C(C)C1CC1. The van der Waals surface area contributed by atoms with E-state index in [2.05, 4.69) is 48.5 Å². The second-order valence-electron chi connectivity index (χ2n) is 8.45. The molecule has 0 aromatic carbocycles. The highest BCUT2D eigenvalue weighted by atomic mass is 14.5. The van der Waals surface area contributed by atoms with Crippen molar-refractivity contribution in [2.45, 2.75) is 93.4 Å². The highest BCUT2D eigenvalue weighted by Gasteiger charge is 2.40. The predicted molar refractivity (Wildman–Crippen MR) is 96.5 cm³/mol. The van der Waals surface area contributed by atoms with E-state index in [9.17, 15) is 0 Å². The Labute approximate surface area is 135 Å². The summed E-state index contributed by atoms with van der Waals surface area (Å²) in [6, 6.07) is 0. The molecule has 0 aromatic heterocycles. The first-order chi connectivity index (χ1) is 9.93. The minimum Gasteiger partial charge on any atom is -0.0654 e. The van der Waals surface area contributed by atoms with Crippen LogP contribution in [0, 0.1) is 41.4 Å². The molecule has 21 heavy (non-hydrogen) atoms. The maximum absolute atomic E-state index is 2.59. The van der Waals surface area contributed by atoms with Gasteiger partial charge in [0.1, 0.15) is 0 Å². The van der Waals surface area contributed by atoms with Gasteiger partial charge in [-0.25, -0.2) is 0 Å². The lowest BCUT2D eigenvalue weighted by Crippen LogP contribution is -2.34. The normalized spacial score (nSPS) is 22.9. The Morgan fingerprint density at radius 3 is 1.90 bits per heavy atom. The number of unbranched alkanes of at least 4 members (excludes halogenated alkanes) is 1. The molecule has 5 unspecified atom stereocenters. The Morgan fingerprint density at radius 1 is 0.857 bits per heavy atom. The summed E-state index contributed by atoms with van der Waals surface area (Å²) >= 11 is 0. The lowest BCUT2D eigenvalue weighted by atomic mass is 9.65. The molecule has 1 saturated carbocycles. The van der Waals surface area contributed by atoms with Crippen molar-refractivity contribution in [1.82, 2.24) is 0 Å². The molecule has 0 aliphatic heterocycles. The molecular formula is C21H42. The van der Waals surface area contributed by atoms with E-state index in [1.807, 2.05) is 0 Å². The second-order valence-corrected chi connectivity index (χ2v) is 8.45. The van der Waals surface area contributed by atoms with Crippen molar-refractivity contribution in [2.75, 3.05) is 0 Å². The molecule has 1 aliphatic rings. The standard InChI is InChI=1S/C21H42/c1-8-10-12-20(15(3)4)18(7)21(16(5)11-9-2)17(6)19-13-14-19/h15-21H,8-14H2,1-7H3. The summed E-state index contributed by atoms with van der Waals surface area (Å²) in [4.78, 5) is 0. The van der Waals surface area contributed by atoms with Crippen LogP contribution in [0.2, 0.25) is 0 Å². The van der Waals surface area contributed by atoms with Crippen molar-refractivity contribution < 1.29 is 0 Å². The number of rotatable bonds is 11. The first-order valence-electron chi connectivity index (χ1n) is 9.93. The van der Waals surface area contributed by atoms with Gasteiger partial charge in [-0.05, 0) is 60.7 Å². The molecule has 0 heterocycles. The molecule has 0 bridgehead atoms. The fraction of sp³-hybridized carbons (Fsp3) is 1.00. The third kappa shape index (κ3) is 5.61. The van der Waals surface area contributed by atoms with Gasteiger partial charge in [-0.2, -0.15) is 0 Å². The molecule has 0 aromatic rings. The molecule has 0 N–H and O–H groups in total. The lowest BCUT2D eigenvalue weighted by Gasteiger charge is -2.40. The Bertz CT molecular complexity index is 263. The Balaban J connectivity index is 2.81. The Kier molecular flexibility index (Phi) is 8.35. The maximum Gasteiger partial charge on any atom is -0.0332 e. The molecule has 1 rings (SSSR count). The minimum atomic E-state index is 0.842. The third-order valence-corrected chi connectivity index (χ3v) is 6.40. The molecule has 1 aliphatic carbocycles. The summed E-state index contributed by atoms with van der Waals surface area (Å²) < 4.78 is 0. The van der Waals surface area contributed by atoms with Gasteiger partial charge in [0.15, 0.2) is 0 Å². The first kappa shape index (κ1) is 19.0. The molecule has 1 fully saturated rings. The van der Waals surface area contributed by atoms with E-state index >= 15 is 0 Å². The lowest BCUT2D eigenvalue weighted by molar-refractivity contribution is 0.0820. The fourth-order valence-electron chi connectivity index (χ4n) is 5.03. The van der Waals surface area contributed by atoms with E-state index < -0.39 is 0 Å². The van der Waals surface area contributed by atoms with E-state index in [1.165, 1.54) is 44.9 Å². The van der Waals surface area contributed by atoms with Crippen LogP contribution < -0.4 is 0 Å². The average molecular weight is 295 g/mol. The van der Waals surface area contributed by atoms with Crippen molar-refractivity contribution in [1.29, 1.82) is 0 Å². The van der Waals surface area contributed by atoms with Crippen LogP contribution in [-0.4, -0.2) is 0 Å². The summed E-state index contributed by atoms with van der Waals surface area (Å²) in [5.41, 5.74) is 0. The van der Waals surface area contributed by atoms with Crippen molar-refractivity contribution in [3.8, 4) is 0 Å². The third-order valence-electron chi connectivity index (χ3n) is 6.40. The highest BCUT2D eigenvalue weighted by Crippen LogP contribution is 2.48. The molecule has 126 valence electrons. The second kappa shape index (κ2) is 9.21. The molecule has 0 amide bonds. The van der Waals surface area contributed by atoms with Gasteiger partial charge >= 0.3 is 0 Å². The van der Waals surface area contributed by atoms with Crippen molar-refractivity contribution in [3.63, 3.8) is 0 Å². The van der Waals surface area contributed by atoms with Crippen LogP contribution >= 0.6 is 0 Å². The van der Waals surface area contributed by atoms with Crippen molar-refractivity contribution >= 4 is 0 Å². The molecule has 0 radical (unpaired) electrons. The summed E-state index contributed by atoms with van der Waals surface area (Å²) in [5.74, 6) is 6.52. The number of hydrogen-bond donors (Lipinski definition) is 0. The molecule has 0 saturated heterocycles. The van der Waals surface area contributed by atoms with Crippen molar-refractivity contribution in [3.05, 3.63) is 0 Å². The van der Waals surface area contributed by atoms with E-state index in [-0.39, 0.29) is 0 Å². The van der Waals surface area contributed by atoms with Crippen LogP contribution in [0.4, 0.5) is 0 Å². The maximum atomic E-state index is 2.59. The van der Waals surface area contributed by atoms with Gasteiger partial charge in [0, 0.05) is 0 Å². The largest absolute Gasteiger partial charge is 0.0654 e. The highest BCUT2D eigenvalue weighted by molar-refractivity contribution is 4.89.